The lowest BCUT2D eigenvalue weighted by Gasteiger charge is -2.44. The van der Waals surface area contributed by atoms with E-state index in [1.54, 1.807) is 0 Å². The first-order valence-corrected chi connectivity index (χ1v) is 5.99. The molecule has 0 bridgehead atoms. The van der Waals surface area contributed by atoms with Crippen LogP contribution in [0, 0.1) is 5.92 Å². The molecule has 0 aliphatic rings. The average Bonchev–Trinajstić information content (AvgIpc) is 2.23. The second kappa shape index (κ2) is 7.15. The average molecular weight is 322 g/mol. The molecule has 0 aliphatic carbocycles. The summed E-state index contributed by atoms with van der Waals surface area (Å²) >= 11 is 0. The molecule has 9 N–H and O–H groups in total. The number of nitrogens with two attached hydrogens (primary N) is 2. The Kier molecular flexibility index (Phi) is 6.43. The largest absolute Gasteiger partial charge is 0.481 e. The molecule has 0 fully saturated rings. The summed E-state index contributed by atoms with van der Waals surface area (Å²) in [5.41, 5.74) is 5.81. The molecule has 0 aliphatic heterocycles. The first-order valence-electron chi connectivity index (χ1n) is 5.99. The number of aliphatic hydroxyl groups is 1. The molecule has 0 aromatic heterocycles. The molecular weight excluding hydrogens is 304 g/mol. The van der Waals surface area contributed by atoms with Crippen molar-refractivity contribution in [3.8, 4) is 0 Å². The summed E-state index contributed by atoms with van der Waals surface area (Å²) in [5.74, 6) is -7.88. The standard InChI is InChI=1S/C11H18N2O9/c12-10(3-8(18)19,4-9(20)21)11(13,22)5(1-6(14)15)2-7(16)17/h5,22H,1-4,12-13H2,(H,14,15)(H,16,17)(H,18,19)(H,20,21). The highest BCUT2D eigenvalue weighted by atomic mass is 16.4. The van der Waals surface area contributed by atoms with Gasteiger partial charge in [0.2, 0.25) is 0 Å². The van der Waals surface area contributed by atoms with Crippen LogP contribution in [0.1, 0.15) is 25.7 Å². The van der Waals surface area contributed by atoms with Gasteiger partial charge in [-0.05, 0) is 0 Å². The Bertz CT molecular complexity index is 442. The van der Waals surface area contributed by atoms with E-state index < -0.39 is 66.7 Å². The fourth-order valence-electron chi connectivity index (χ4n) is 2.10. The van der Waals surface area contributed by atoms with E-state index in [0.29, 0.717) is 0 Å². The van der Waals surface area contributed by atoms with Gasteiger partial charge < -0.3 is 37.0 Å². The Morgan fingerprint density at radius 2 is 1.09 bits per heavy atom. The van der Waals surface area contributed by atoms with Crippen LogP contribution in [-0.2, 0) is 19.2 Å². The maximum absolute atomic E-state index is 10.8. The number of carboxylic acid groups (broad SMARTS) is 4. The van der Waals surface area contributed by atoms with E-state index >= 15 is 0 Å². The molecule has 126 valence electrons. The second-order valence-corrected chi connectivity index (χ2v) is 5.02. The third-order valence-electron chi connectivity index (χ3n) is 3.20. The van der Waals surface area contributed by atoms with Gasteiger partial charge in [-0.25, -0.2) is 0 Å². The third kappa shape index (κ3) is 5.27. The molecule has 0 saturated carbocycles. The van der Waals surface area contributed by atoms with E-state index in [0.717, 1.165) is 0 Å². The van der Waals surface area contributed by atoms with E-state index in [2.05, 4.69) is 0 Å². The normalized spacial score (nSPS) is 14.4. The van der Waals surface area contributed by atoms with Crippen molar-refractivity contribution in [2.45, 2.75) is 36.9 Å². The Labute approximate surface area is 124 Å². The lowest BCUT2D eigenvalue weighted by Crippen LogP contribution is -2.71. The number of rotatable bonds is 10. The maximum atomic E-state index is 10.8. The highest BCUT2D eigenvalue weighted by Gasteiger charge is 2.53. The fraction of sp³-hybridized carbons (Fsp3) is 0.636. The number of hydrogen-bond acceptors (Lipinski definition) is 7. The van der Waals surface area contributed by atoms with E-state index in [1.165, 1.54) is 0 Å². The SMILES string of the molecule is NC(CC(=O)O)(CC(=O)O)C(N)(O)C(CC(=O)O)CC(=O)O. The van der Waals surface area contributed by atoms with Crippen LogP contribution in [0.4, 0.5) is 0 Å². The summed E-state index contributed by atoms with van der Waals surface area (Å²) in [6.07, 6.45) is -4.06. The molecule has 11 nitrogen and oxygen atoms in total. The molecule has 11 heteroatoms. The van der Waals surface area contributed by atoms with Gasteiger partial charge in [-0.2, -0.15) is 0 Å². The first-order chi connectivity index (χ1) is 9.81. The quantitative estimate of drug-likeness (QED) is 0.215. The van der Waals surface area contributed by atoms with E-state index in [-0.39, 0.29) is 0 Å². The summed E-state index contributed by atoms with van der Waals surface area (Å²) in [7, 11) is 0. The molecule has 0 amide bonds. The number of aliphatic carboxylic acids is 4. The van der Waals surface area contributed by atoms with Gasteiger partial charge in [-0.3, -0.25) is 19.2 Å². The molecule has 0 spiro atoms. The lowest BCUT2D eigenvalue weighted by molar-refractivity contribution is -0.158. The molecule has 0 radical (unpaired) electrons. The highest BCUT2D eigenvalue weighted by molar-refractivity contribution is 5.74. The van der Waals surface area contributed by atoms with Crippen LogP contribution in [0.25, 0.3) is 0 Å². The van der Waals surface area contributed by atoms with E-state index in [4.69, 9.17) is 31.9 Å². The first kappa shape index (κ1) is 19.8. The summed E-state index contributed by atoms with van der Waals surface area (Å²) in [6.45, 7) is 0. The molecule has 1 atom stereocenters. The number of carbonyl (C=O) groups is 4. The second-order valence-electron chi connectivity index (χ2n) is 5.02. The number of carboxylic acids is 4. The van der Waals surface area contributed by atoms with Crippen molar-refractivity contribution in [3.63, 3.8) is 0 Å². The summed E-state index contributed by atoms with van der Waals surface area (Å²) in [5, 5.41) is 45.4. The van der Waals surface area contributed by atoms with Gasteiger partial charge in [0, 0.05) is 5.92 Å². The minimum atomic E-state index is -2.85. The van der Waals surface area contributed by atoms with Gasteiger partial charge in [-0.1, -0.05) is 0 Å². The van der Waals surface area contributed by atoms with Crippen molar-refractivity contribution < 1.29 is 44.7 Å². The summed E-state index contributed by atoms with van der Waals surface area (Å²) < 4.78 is 0. The van der Waals surface area contributed by atoms with Crippen LogP contribution in [0.2, 0.25) is 0 Å². The summed E-state index contributed by atoms with van der Waals surface area (Å²) in [4.78, 5) is 43.2. The Morgan fingerprint density at radius 1 is 0.773 bits per heavy atom. The van der Waals surface area contributed by atoms with E-state index in [1.807, 2.05) is 0 Å². The minimum absolute atomic E-state index is 0.933. The third-order valence-corrected chi connectivity index (χ3v) is 3.20. The zero-order valence-electron chi connectivity index (χ0n) is 11.4. The smallest absolute Gasteiger partial charge is 0.305 e. The van der Waals surface area contributed by atoms with Crippen LogP contribution < -0.4 is 11.5 Å². The van der Waals surface area contributed by atoms with Crippen molar-refractivity contribution in [3.05, 3.63) is 0 Å². The maximum Gasteiger partial charge on any atom is 0.305 e. The molecule has 0 aromatic rings. The van der Waals surface area contributed by atoms with Crippen molar-refractivity contribution in [1.82, 2.24) is 0 Å². The molecule has 1 unspecified atom stereocenters. The Morgan fingerprint density at radius 3 is 1.32 bits per heavy atom. The van der Waals surface area contributed by atoms with Crippen LogP contribution in [0.5, 0.6) is 0 Å². The molecule has 0 saturated heterocycles. The lowest BCUT2D eigenvalue weighted by atomic mass is 9.72. The molecule has 0 aromatic carbocycles. The number of hydrogen-bond donors (Lipinski definition) is 7. The van der Waals surface area contributed by atoms with Crippen LogP contribution >= 0.6 is 0 Å². The monoisotopic (exact) mass is 322 g/mol. The van der Waals surface area contributed by atoms with Gasteiger partial charge in [0.15, 0.2) is 0 Å². The van der Waals surface area contributed by atoms with Gasteiger partial charge >= 0.3 is 23.9 Å². The summed E-state index contributed by atoms with van der Waals surface area (Å²) in [6, 6.07) is 0. The van der Waals surface area contributed by atoms with E-state index in [9.17, 15) is 24.3 Å². The zero-order valence-corrected chi connectivity index (χ0v) is 11.4. The van der Waals surface area contributed by atoms with Crippen molar-refractivity contribution >= 4 is 23.9 Å². The zero-order chi connectivity index (χ0) is 17.7. The van der Waals surface area contributed by atoms with Gasteiger partial charge in [0.1, 0.15) is 5.72 Å². The van der Waals surface area contributed by atoms with Crippen molar-refractivity contribution in [1.29, 1.82) is 0 Å². The predicted octanol–water partition coefficient (Wildman–Crippen LogP) is -2.15. The Balaban J connectivity index is 5.76. The highest BCUT2D eigenvalue weighted by Crippen LogP contribution is 2.33. The van der Waals surface area contributed by atoms with Gasteiger partial charge in [0.05, 0.1) is 31.2 Å². The van der Waals surface area contributed by atoms with Gasteiger partial charge in [0.25, 0.3) is 0 Å². The van der Waals surface area contributed by atoms with Crippen molar-refractivity contribution in [2.24, 2.45) is 17.4 Å². The molecule has 0 heterocycles. The van der Waals surface area contributed by atoms with Crippen LogP contribution in [-0.4, -0.2) is 60.7 Å². The molecule has 0 rings (SSSR count). The fourth-order valence-corrected chi connectivity index (χ4v) is 2.10. The Hall–Kier alpha value is -2.24. The minimum Gasteiger partial charge on any atom is -0.481 e. The van der Waals surface area contributed by atoms with Gasteiger partial charge in [-0.15, -0.1) is 0 Å². The van der Waals surface area contributed by atoms with Crippen LogP contribution in [0.15, 0.2) is 0 Å². The molecule has 22 heavy (non-hydrogen) atoms. The topological polar surface area (TPSA) is 221 Å². The van der Waals surface area contributed by atoms with Crippen molar-refractivity contribution in [2.75, 3.05) is 0 Å². The molecular formula is C11H18N2O9. The van der Waals surface area contributed by atoms with Crippen LogP contribution in [0.3, 0.4) is 0 Å². The predicted molar refractivity (Wildman–Crippen MR) is 68.6 cm³/mol.